The highest BCUT2D eigenvalue weighted by Gasteiger charge is 2.48. The van der Waals surface area contributed by atoms with E-state index in [0.717, 1.165) is 31.5 Å². The first-order chi connectivity index (χ1) is 63.7. The van der Waals surface area contributed by atoms with E-state index in [1.54, 1.807) is 91.9 Å². The smallest absolute Gasteiger partial charge is 0.305 e. The molecule has 0 spiro atoms. The van der Waals surface area contributed by atoms with E-state index >= 15 is 56.7 Å². The van der Waals surface area contributed by atoms with Crippen LogP contribution < -0.4 is 59.3 Å². The van der Waals surface area contributed by atoms with Gasteiger partial charge in [-0.2, -0.15) is 0 Å². The molecule has 5 aromatic carbocycles. The van der Waals surface area contributed by atoms with Gasteiger partial charge in [-0.1, -0.05) is 125 Å². The number of carbonyl (C=O) groups excluding carboxylic acids is 15. The monoisotopic (exact) mass is 1880 g/mol. The van der Waals surface area contributed by atoms with Crippen LogP contribution in [0.2, 0.25) is 0 Å². The van der Waals surface area contributed by atoms with Crippen molar-refractivity contribution in [2.45, 2.75) is 208 Å². The molecule has 6 aromatic rings. The topological polar surface area (TPSA) is 563 Å². The fraction of sp³-hybridized carbons (Fsp3) is 0.467. The first kappa shape index (κ1) is 104. The number of phenolic OH excluding ortho intramolecular Hbond substituents is 1. The van der Waals surface area contributed by atoms with Crippen LogP contribution in [0.3, 0.4) is 0 Å². The van der Waals surface area contributed by atoms with E-state index in [1.165, 1.54) is 58.4 Å². The number of aliphatic carboxylic acids is 2. The lowest BCUT2D eigenvalue weighted by Gasteiger charge is -2.38. The molecule has 0 bridgehead atoms. The van der Waals surface area contributed by atoms with Crippen molar-refractivity contribution in [1.82, 2.24) is 77.3 Å². The molecule has 3 fully saturated rings. The van der Waals surface area contributed by atoms with Crippen LogP contribution in [0.15, 0.2) is 128 Å². The molecule has 42 heteroatoms. The number of aliphatic hydroxyl groups excluding tert-OH is 1. The first-order valence-electron chi connectivity index (χ1n) is 44.1. The number of halogens is 3. The third-order valence-corrected chi connectivity index (χ3v) is 24.7. The van der Waals surface area contributed by atoms with Gasteiger partial charge in [-0.15, -0.1) is 11.8 Å². The second-order valence-corrected chi connectivity index (χ2v) is 34.9. The van der Waals surface area contributed by atoms with E-state index in [4.69, 9.17) is 11.5 Å². The molecule has 3 saturated heterocycles. The Balaban J connectivity index is 1.14. The zero-order valence-electron chi connectivity index (χ0n) is 75.0. The van der Waals surface area contributed by atoms with Gasteiger partial charge in [0.1, 0.15) is 84.3 Å². The number of aromatic amines is 1. The third-order valence-electron chi connectivity index (χ3n) is 23.7. The van der Waals surface area contributed by atoms with Crippen molar-refractivity contribution in [3.8, 4) is 5.75 Å². The Kier molecular flexibility index (Phi) is 38.3. The molecule has 18 N–H and O–H groups in total. The Morgan fingerprint density at radius 3 is 1.69 bits per heavy atom. The number of amides is 15. The second-order valence-electron chi connectivity index (χ2n) is 33.9. The van der Waals surface area contributed by atoms with Crippen LogP contribution in [-0.4, -0.2) is 294 Å². The van der Waals surface area contributed by atoms with Crippen molar-refractivity contribution in [2.24, 2.45) is 17.4 Å². The number of hydrogen-bond donors (Lipinski definition) is 16. The lowest BCUT2D eigenvalue weighted by atomic mass is 9.98. The number of fused-ring (bicyclic) bond motifs is 3. The maximum absolute atomic E-state index is 15.7. The number of aromatic nitrogens is 1. The molecule has 14 atom stereocenters. The Bertz CT molecular complexity index is 5210. The number of phenols is 1. The van der Waals surface area contributed by atoms with E-state index in [9.17, 15) is 58.4 Å². The molecule has 15 amide bonds. The van der Waals surface area contributed by atoms with Gasteiger partial charge in [-0.05, 0) is 109 Å². The number of thioether (sulfide) groups is 1. The molecule has 134 heavy (non-hydrogen) atoms. The van der Waals surface area contributed by atoms with Gasteiger partial charge < -0.3 is 109 Å². The molecular formula is C92H116F3N17O21S. The Morgan fingerprint density at radius 1 is 0.530 bits per heavy atom. The third kappa shape index (κ3) is 28.8. The normalized spacial score (nSPS) is 24.0. The van der Waals surface area contributed by atoms with Gasteiger partial charge in [-0.3, -0.25) is 81.5 Å². The number of nitrogens with two attached hydrogens (primary N) is 2. The van der Waals surface area contributed by atoms with Crippen LogP contribution in [0.25, 0.3) is 10.9 Å². The lowest BCUT2D eigenvalue weighted by Crippen LogP contribution is -2.62. The maximum Gasteiger partial charge on any atom is 0.305 e. The Morgan fingerprint density at radius 2 is 1.07 bits per heavy atom. The summed E-state index contributed by atoms with van der Waals surface area (Å²) in [4.78, 5) is 258. The van der Waals surface area contributed by atoms with Crippen molar-refractivity contribution in [3.05, 3.63) is 173 Å². The van der Waals surface area contributed by atoms with E-state index in [0.29, 0.717) is 63.5 Å². The number of rotatable bonds is 25. The fourth-order valence-electron chi connectivity index (χ4n) is 16.4. The molecule has 3 aliphatic rings. The number of aromatic hydroxyl groups is 1. The lowest BCUT2D eigenvalue weighted by molar-refractivity contribution is -0.152. The summed E-state index contributed by atoms with van der Waals surface area (Å²) in [6, 6.07) is 7.03. The number of unbranched alkanes of at least 4 members (excludes halogenated alkanes) is 2. The highest BCUT2D eigenvalue weighted by molar-refractivity contribution is 8.00. The number of para-hydroxylation sites is 1. The standard InChI is InChI=1S/C92H116F3N17O21S/c1-7-8-27-70-91(132)111-34-19-28-69(111)85(126)104-65(43-76(117)118)84(125)107-79(50(2)3)92(133)109(5)71(39-51-20-11-9-12-21-51)86(127)105-67(44-77(119)120)89(130)112-47-57(114)42-72(112)87(128)103-64(41-55-45-98-61-25-16-15-24-58(55)61)83(124)102-63(37-53-29-31-56(113)32-30-53)82(123)101-62(26-17-18-33-96)81(122)106-68(80(121)99-46-74(97)115)48-134-49-75(116)100-66(38-54-35-59(93)78(95)60(94)36-54)88(129)110(6)73(90(131)108(70)4)40-52-22-13-10-14-23-52/h9-16,20-25,29-32,35-36,45,50,57,62-73,79,98,113-114H,7-8,17-19,26-28,33-34,37-44,46-49,96H2,1-6H3,(H2,97,115)(H,99,121)(H,100,116)(H,101,123)(H,102,124)(H,103,128)(H,104,126)(H,105,127)(H,106,122)(H,107,125)(H,117,118)(H,119,120)/t57-,62+,63+,64+,65+,66+,67+,68+,69-,70+,71-,72-,73+,79+/m1/s1. The summed E-state index contributed by atoms with van der Waals surface area (Å²) in [7, 11) is 3.62. The largest absolute Gasteiger partial charge is 0.508 e. The van der Waals surface area contributed by atoms with Gasteiger partial charge in [0.2, 0.25) is 88.6 Å². The number of benzene rings is 5. The average molecular weight is 1890 g/mol. The van der Waals surface area contributed by atoms with Crippen LogP contribution in [0, 0.1) is 23.4 Å². The molecule has 1 aromatic heterocycles. The molecule has 9 rings (SSSR count). The number of hydrogen-bond acceptors (Lipinski definition) is 21. The van der Waals surface area contributed by atoms with Crippen molar-refractivity contribution < 1.29 is 115 Å². The highest BCUT2D eigenvalue weighted by Crippen LogP contribution is 2.29. The number of carbonyl (C=O) groups is 17. The van der Waals surface area contributed by atoms with Gasteiger partial charge in [0.25, 0.3) is 0 Å². The number of nitrogens with zero attached hydrogens (tertiary/aromatic N) is 5. The Hall–Kier alpha value is -13.5. The number of aliphatic hydroxyl groups is 1. The summed E-state index contributed by atoms with van der Waals surface area (Å²) in [6.45, 7) is 3.26. The maximum atomic E-state index is 15.7. The van der Waals surface area contributed by atoms with Gasteiger partial charge in [0.05, 0.1) is 31.2 Å². The molecule has 0 saturated carbocycles. The van der Waals surface area contributed by atoms with Crippen LogP contribution in [-0.2, 0) is 114 Å². The summed E-state index contributed by atoms with van der Waals surface area (Å²) >= 11 is 0.644. The highest BCUT2D eigenvalue weighted by atomic mass is 32.2. The first-order valence-corrected chi connectivity index (χ1v) is 45.2. The summed E-state index contributed by atoms with van der Waals surface area (Å²) < 4.78 is 45.1. The minimum atomic E-state index is -2.10. The van der Waals surface area contributed by atoms with Gasteiger partial charge in [-0.25, -0.2) is 13.2 Å². The van der Waals surface area contributed by atoms with E-state index in [1.807, 2.05) is 0 Å². The van der Waals surface area contributed by atoms with Crippen molar-refractivity contribution in [2.75, 3.05) is 58.8 Å². The predicted molar refractivity (Wildman–Crippen MR) is 481 cm³/mol. The van der Waals surface area contributed by atoms with E-state index < -0.39 is 265 Å². The van der Waals surface area contributed by atoms with Crippen LogP contribution in [0.4, 0.5) is 13.2 Å². The zero-order chi connectivity index (χ0) is 97.9. The molecular weight excluding hydrogens is 1770 g/mol. The van der Waals surface area contributed by atoms with Crippen molar-refractivity contribution >= 4 is 123 Å². The molecule has 4 heterocycles. The van der Waals surface area contributed by atoms with Crippen LogP contribution in [0.1, 0.15) is 119 Å². The summed E-state index contributed by atoms with van der Waals surface area (Å²) in [5.74, 6) is -26.9. The van der Waals surface area contributed by atoms with E-state index in [2.05, 4.69) is 52.8 Å². The SMILES string of the molecule is CCCC[C@H]1C(=O)N2CCC[C@@H]2C(=O)N[C@@H](CC(=O)O)C(=O)N[C@@H](C(C)C)C(=O)N(C)[C@H](Cc2ccccc2)C(=O)N[C@@H](CC(=O)O)C(=O)N2C[C@H](O)C[C@@H]2C(=O)N[C@@H](Cc2c[nH]c3ccccc23)C(=O)N[C@@H](Cc2ccc(O)cc2)C(=O)N[C@@H](CCCCN)C(=O)N[C@H](C(=O)NCC(N)=O)CSCC(=O)N[C@@H](Cc2cc(F)c(F)c(F)c2)C(=O)N(C)[C@@H](Cc2ccccc2)C(=O)N1C. The van der Waals surface area contributed by atoms with Crippen molar-refractivity contribution in [1.29, 1.82) is 0 Å². The number of carboxylic acids is 2. The minimum Gasteiger partial charge on any atom is -0.508 e. The molecule has 0 radical (unpaired) electrons. The minimum absolute atomic E-state index is 0.0687. The van der Waals surface area contributed by atoms with Gasteiger partial charge >= 0.3 is 11.9 Å². The van der Waals surface area contributed by atoms with Gasteiger partial charge in [0, 0.05) is 95.6 Å². The quantitative estimate of drug-likeness (QED) is 0.0272. The number of primary amides is 1. The van der Waals surface area contributed by atoms with Crippen molar-refractivity contribution in [3.63, 3.8) is 0 Å². The summed E-state index contributed by atoms with van der Waals surface area (Å²) in [5.41, 5.74) is 13.1. The summed E-state index contributed by atoms with van der Waals surface area (Å²) in [5, 5.41) is 66.1. The van der Waals surface area contributed by atoms with Crippen LogP contribution >= 0.6 is 11.8 Å². The molecule has 0 unspecified atom stereocenters. The predicted octanol–water partition coefficient (Wildman–Crippen LogP) is 0.389. The summed E-state index contributed by atoms with van der Waals surface area (Å²) in [6.07, 6.45) is -4.22. The number of H-pyrrole nitrogens is 1. The molecule has 3 aliphatic heterocycles. The van der Waals surface area contributed by atoms with Gasteiger partial charge in [0.15, 0.2) is 17.5 Å². The fourth-order valence-corrected chi connectivity index (χ4v) is 17.2. The average Bonchev–Trinajstić information content (AvgIpc) is 1.23. The number of likely N-dealkylation sites (N-methyl/N-ethyl adjacent to an activating group) is 3. The molecule has 722 valence electrons. The number of carboxylic acid groups (broad SMARTS) is 2. The zero-order valence-corrected chi connectivity index (χ0v) is 75.8. The molecule has 0 aliphatic carbocycles. The van der Waals surface area contributed by atoms with E-state index in [-0.39, 0.29) is 88.6 Å². The number of nitrogens with one attached hydrogen (secondary N) is 10. The Labute approximate surface area is 774 Å². The van der Waals surface area contributed by atoms with Crippen LogP contribution in [0.5, 0.6) is 5.75 Å². The molecule has 38 nitrogen and oxygen atoms in total. The second kappa shape index (κ2) is 49.3.